The van der Waals surface area contributed by atoms with Gasteiger partial charge in [0.05, 0.1) is 6.61 Å². The fourth-order valence-corrected chi connectivity index (χ4v) is 2.29. The Labute approximate surface area is 130 Å². The summed E-state index contributed by atoms with van der Waals surface area (Å²) in [6, 6.07) is 8.37. The van der Waals surface area contributed by atoms with E-state index < -0.39 is 6.04 Å². The van der Waals surface area contributed by atoms with E-state index in [2.05, 4.69) is 10.6 Å². The summed E-state index contributed by atoms with van der Waals surface area (Å²) in [5.41, 5.74) is 0.712. The molecule has 0 aromatic heterocycles. The smallest absolute Gasteiger partial charge is 0.330 e. The molecule has 2 amide bonds. The van der Waals surface area contributed by atoms with Crippen molar-refractivity contribution >= 4 is 17.7 Å². The van der Waals surface area contributed by atoms with E-state index in [9.17, 15) is 9.59 Å². The highest BCUT2D eigenvalue weighted by molar-refractivity contribution is 5.92. The van der Waals surface area contributed by atoms with Gasteiger partial charge < -0.3 is 20.3 Å². The molecule has 1 saturated heterocycles. The molecule has 1 aliphatic heterocycles. The molecule has 0 saturated carbocycles. The molecule has 0 bridgehead atoms. The predicted molar refractivity (Wildman–Crippen MR) is 84.7 cm³/mol. The van der Waals surface area contributed by atoms with Crippen LogP contribution in [0.15, 0.2) is 30.3 Å². The van der Waals surface area contributed by atoms with Crippen LogP contribution in [0.25, 0.3) is 0 Å². The number of unbranched alkanes of at least 4 members (excludes halogenated alkanes) is 1. The molecule has 6 heteroatoms. The number of nitrogens with one attached hydrogen (secondary N) is 2. The van der Waals surface area contributed by atoms with Gasteiger partial charge in [-0.3, -0.25) is 0 Å². The number of amides is 2. The average molecular weight is 305 g/mol. The number of benzene rings is 1. The fourth-order valence-electron chi connectivity index (χ4n) is 2.29. The molecule has 1 aliphatic rings. The lowest BCUT2D eigenvalue weighted by atomic mass is 10.2. The summed E-state index contributed by atoms with van der Waals surface area (Å²) >= 11 is 0. The van der Waals surface area contributed by atoms with Gasteiger partial charge >= 0.3 is 12.0 Å². The summed E-state index contributed by atoms with van der Waals surface area (Å²) in [5, 5.41) is 5.95. The first-order valence-electron chi connectivity index (χ1n) is 7.72. The molecule has 2 rings (SSSR count). The second-order valence-corrected chi connectivity index (χ2v) is 5.23. The molecular weight excluding hydrogens is 282 g/mol. The Morgan fingerprint density at radius 3 is 2.86 bits per heavy atom. The van der Waals surface area contributed by atoms with Gasteiger partial charge in [-0.25, -0.2) is 9.59 Å². The van der Waals surface area contributed by atoms with Crippen molar-refractivity contribution in [2.45, 2.75) is 25.8 Å². The second kappa shape index (κ2) is 8.38. The van der Waals surface area contributed by atoms with Gasteiger partial charge in [-0.2, -0.15) is 0 Å². The third-order valence-electron chi connectivity index (χ3n) is 3.54. The number of nitrogens with zero attached hydrogens (tertiary/aromatic N) is 1. The summed E-state index contributed by atoms with van der Waals surface area (Å²) in [6.07, 6.45) is 1.80. The van der Waals surface area contributed by atoms with Crippen LogP contribution < -0.4 is 10.6 Å². The van der Waals surface area contributed by atoms with Crippen molar-refractivity contribution < 1.29 is 14.3 Å². The van der Waals surface area contributed by atoms with E-state index in [1.807, 2.05) is 37.3 Å². The molecule has 1 heterocycles. The topological polar surface area (TPSA) is 70.7 Å². The van der Waals surface area contributed by atoms with Gasteiger partial charge in [0.15, 0.2) is 0 Å². The number of para-hydroxylation sites is 1. The highest BCUT2D eigenvalue weighted by Gasteiger charge is 2.33. The van der Waals surface area contributed by atoms with E-state index in [1.54, 1.807) is 0 Å². The zero-order valence-electron chi connectivity index (χ0n) is 12.9. The zero-order chi connectivity index (χ0) is 15.8. The van der Waals surface area contributed by atoms with Crippen LogP contribution in [-0.2, 0) is 9.53 Å². The van der Waals surface area contributed by atoms with Crippen molar-refractivity contribution in [2.24, 2.45) is 0 Å². The Morgan fingerprint density at radius 2 is 2.14 bits per heavy atom. The Bertz CT molecular complexity index is 493. The van der Waals surface area contributed by atoms with E-state index in [0.29, 0.717) is 31.9 Å². The molecular formula is C16H23N3O3. The third-order valence-corrected chi connectivity index (χ3v) is 3.54. The SMILES string of the molecule is CCCCOC(=O)C1CNCCN1C(=O)Nc1ccccc1. The normalized spacial score (nSPS) is 17.9. The lowest BCUT2D eigenvalue weighted by Crippen LogP contribution is -2.58. The van der Waals surface area contributed by atoms with Crippen LogP contribution in [-0.4, -0.2) is 49.2 Å². The van der Waals surface area contributed by atoms with E-state index in [0.717, 1.165) is 12.8 Å². The van der Waals surface area contributed by atoms with Crippen molar-refractivity contribution in [1.82, 2.24) is 10.2 Å². The molecule has 1 aromatic carbocycles. The number of rotatable bonds is 5. The largest absolute Gasteiger partial charge is 0.464 e. The van der Waals surface area contributed by atoms with Crippen LogP contribution in [0.3, 0.4) is 0 Å². The zero-order valence-corrected chi connectivity index (χ0v) is 12.9. The first kappa shape index (κ1) is 16.3. The van der Waals surface area contributed by atoms with E-state index in [4.69, 9.17) is 4.74 Å². The maximum Gasteiger partial charge on any atom is 0.330 e. The summed E-state index contributed by atoms with van der Waals surface area (Å²) in [7, 11) is 0. The number of hydrogen-bond donors (Lipinski definition) is 2. The quantitative estimate of drug-likeness (QED) is 0.643. The van der Waals surface area contributed by atoms with Crippen LogP contribution in [0.1, 0.15) is 19.8 Å². The fraction of sp³-hybridized carbons (Fsp3) is 0.500. The molecule has 1 fully saturated rings. The van der Waals surface area contributed by atoms with Gasteiger partial charge in [0.2, 0.25) is 0 Å². The summed E-state index contributed by atoms with van der Waals surface area (Å²) in [4.78, 5) is 26.1. The summed E-state index contributed by atoms with van der Waals surface area (Å²) in [6.45, 7) is 4.01. The molecule has 6 nitrogen and oxygen atoms in total. The number of urea groups is 1. The molecule has 2 N–H and O–H groups in total. The standard InChI is InChI=1S/C16H23N3O3/c1-2-3-11-22-15(20)14-12-17-9-10-19(14)16(21)18-13-7-5-4-6-8-13/h4-8,14,17H,2-3,9-12H2,1H3,(H,18,21). The van der Waals surface area contributed by atoms with Crippen LogP contribution in [0.2, 0.25) is 0 Å². The van der Waals surface area contributed by atoms with E-state index in [-0.39, 0.29) is 12.0 Å². The summed E-state index contributed by atoms with van der Waals surface area (Å²) < 4.78 is 5.25. The number of hydrogen-bond acceptors (Lipinski definition) is 4. The van der Waals surface area contributed by atoms with Crippen LogP contribution in [0.5, 0.6) is 0 Å². The Kier molecular flexibility index (Phi) is 6.21. The minimum Gasteiger partial charge on any atom is -0.464 e. The van der Waals surface area contributed by atoms with Gasteiger partial charge in [-0.1, -0.05) is 31.5 Å². The second-order valence-electron chi connectivity index (χ2n) is 5.23. The van der Waals surface area contributed by atoms with Crippen LogP contribution >= 0.6 is 0 Å². The number of piperazine rings is 1. The van der Waals surface area contributed by atoms with Crippen molar-refractivity contribution in [3.8, 4) is 0 Å². The summed E-state index contributed by atoms with van der Waals surface area (Å²) in [5.74, 6) is -0.344. The first-order valence-corrected chi connectivity index (χ1v) is 7.72. The van der Waals surface area contributed by atoms with E-state index in [1.165, 1.54) is 4.90 Å². The Balaban J connectivity index is 1.96. The number of carbonyl (C=O) groups is 2. The van der Waals surface area contributed by atoms with Crippen LogP contribution in [0.4, 0.5) is 10.5 Å². The molecule has 120 valence electrons. The van der Waals surface area contributed by atoms with Crippen LogP contribution in [0, 0.1) is 0 Å². The van der Waals surface area contributed by atoms with Gasteiger partial charge in [0.1, 0.15) is 6.04 Å². The van der Waals surface area contributed by atoms with Gasteiger partial charge in [0, 0.05) is 25.3 Å². The molecule has 0 radical (unpaired) electrons. The van der Waals surface area contributed by atoms with Gasteiger partial charge in [-0.15, -0.1) is 0 Å². The highest BCUT2D eigenvalue weighted by Crippen LogP contribution is 2.11. The number of anilines is 1. The molecule has 0 aliphatic carbocycles. The maximum atomic E-state index is 12.4. The monoisotopic (exact) mass is 305 g/mol. The number of esters is 1. The highest BCUT2D eigenvalue weighted by atomic mass is 16.5. The Morgan fingerprint density at radius 1 is 1.36 bits per heavy atom. The maximum absolute atomic E-state index is 12.4. The Hall–Kier alpha value is -2.08. The minimum absolute atomic E-state index is 0.273. The van der Waals surface area contributed by atoms with Gasteiger partial charge in [0.25, 0.3) is 0 Å². The van der Waals surface area contributed by atoms with Crippen molar-refractivity contribution in [3.63, 3.8) is 0 Å². The van der Waals surface area contributed by atoms with Gasteiger partial charge in [-0.05, 0) is 18.6 Å². The first-order chi connectivity index (χ1) is 10.7. The van der Waals surface area contributed by atoms with Crippen molar-refractivity contribution in [2.75, 3.05) is 31.6 Å². The number of carbonyl (C=O) groups excluding carboxylic acids is 2. The lowest BCUT2D eigenvalue weighted by Gasteiger charge is -2.34. The lowest BCUT2D eigenvalue weighted by molar-refractivity contribution is -0.149. The molecule has 1 aromatic rings. The molecule has 22 heavy (non-hydrogen) atoms. The third kappa shape index (κ3) is 4.46. The number of ether oxygens (including phenoxy) is 1. The van der Waals surface area contributed by atoms with E-state index >= 15 is 0 Å². The minimum atomic E-state index is -0.575. The van der Waals surface area contributed by atoms with Crippen molar-refractivity contribution in [1.29, 1.82) is 0 Å². The van der Waals surface area contributed by atoms with Crippen molar-refractivity contribution in [3.05, 3.63) is 30.3 Å². The molecule has 1 atom stereocenters. The predicted octanol–water partition coefficient (Wildman–Crippen LogP) is 1.84. The molecule has 1 unspecified atom stereocenters. The average Bonchev–Trinajstić information content (AvgIpc) is 2.56. The molecule has 0 spiro atoms.